The van der Waals surface area contributed by atoms with E-state index in [4.69, 9.17) is 4.74 Å². The number of morpholine rings is 1. The summed E-state index contributed by atoms with van der Waals surface area (Å²) < 4.78 is 36.2. The van der Waals surface area contributed by atoms with E-state index >= 15 is 0 Å². The van der Waals surface area contributed by atoms with Gasteiger partial charge >= 0.3 is 0 Å². The maximum absolute atomic E-state index is 13.4. The van der Waals surface area contributed by atoms with E-state index in [0.29, 0.717) is 23.9 Å². The first-order chi connectivity index (χ1) is 15.6. The first-order valence-electron chi connectivity index (χ1n) is 11.3. The van der Waals surface area contributed by atoms with Gasteiger partial charge in [-0.25, -0.2) is 4.68 Å². The van der Waals surface area contributed by atoms with Gasteiger partial charge in [-0.15, -0.1) is 0 Å². The lowest BCUT2D eigenvalue weighted by Gasteiger charge is -2.40. The first-order valence-corrected chi connectivity index (χ1v) is 12.7. The third-order valence-corrected chi connectivity index (χ3v) is 8.05. The quantitative estimate of drug-likeness (QED) is 0.653. The number of aromatic nitrogens is 2. The second-order valence-electron chi connectivity index (χ2n) is 9.01. The topological polar surface area (TPSA) is 105 Å². The molecule has 0 radical (unpaired) electrons. The number of ether oxygens (including phenoxy) is 1. The number of carbonyl (C=O) groups is 1. The first kappa shape index (κ1) is 23.8. The second-order valence-corrected chi connectivity index (χ2v) is 10.9. The van der Waals surface area contributed by atoms with Crippen LogP contribution >= 0.6 is 0 Å². The standard InChI is InChI=1S/C22H31N5O5S/c1-15(2)27-21(28)19-8-6-5-7-18(19)20(23-27)22(29)24-9-11-25(12-10-24)33(30,31)26-13-16(3)32-17(4)14-26/h5-8,15-17H,9-14H2,1-4H3. The lowest BCUT2D eigenvalue weighted by Crippen LogP contribution is -2.57. The summed E-state index contributed by atoms with van der Waals surface area (Å²) in [5, 5.41) is 5.35. The molecule has 3 heterocycles. The van der Waals surface area contributed by atoms with Crippen molar-refractivity contribution < 1.29 is 17.9 Å². The van der Waals surface area contributed by atoms with Gasteiger partial charge in [-0.3, -0.25) is 9.59 Å². The van der Waals surface area contributed by atoms with Crippen LogP contribution in [0, 0.1) is 0 Å². The zero-order valence-electron chi connectivity index (χ0n) is 19.5. The largest absolute Gasteiger partial charge is 0.373 e. The molecule has 2 unspecified atom stereocenters. The molecule has 2 fully saturated rings. The number of benzene rings is 1. The number of hydrogen-bond acceptors (Lipinski definition) is 6. The molecule has 1 aromatic carbocycles. The Morgan fingerprint density at radius 1 is 1.00 bits per heavy atom. The summed E-state index contributed by atoms with van der Waals surface area (Å²) in [6, 6.07) is 6.76. The third kappa shape index (κ3) is 4.54. The van der Waals surface area contributed by atoms with Crippen molar-refractivity contribution >= 4 is 26.9 Å². The Kier molecular flexibility index (Phi) is 6.59. The molecule has 2 aromatic rings. The molecule has 0 aliphatic carbocycles. The second kappa shape index (κ2) is 9.13. The van der Waals surface area contributed by atoms with Crippen molar-refractivity contribution in [1.29, 1.82) is 0 Å². The molecule has 1 amide bonds. The smallest absolute Gasteiger partial charge is 0.282 e. The van der Waals surface area contributed by atoms with Crippen LogP contribution in [0.15, 0.2) is 29.1 Å². The van der Waals surface area contributed by atoms with Gasteiger partial charge in [0.15, 0.2) is 5.69 Å². The Morgan fingerprint density at radius 3 is 2.15 bits per heavy atom. The summed E-state index contributed by atoms with van der Waals surface area (Å²) in [5.41, 5.74) is -0.0203. The monoisotopic (exact) mass is 477 g/mol. The summed E-state index contributed by atoms with van der Waals surface area (Å²) in [4.78, 5) is 27.8. The highest BCUT2D eigenvalue weighted by Gasteiger charge is 2.37. The lowest BCUT2D eigenvalue weighted by molar-refractivity contribution is -0.0457. The number of piperazine rings is 1. The van der Waals surface area contributed by atoms with Gasteiger partial charge in [-0.05, 0) is 33.8 Å². The van der Waals surface area contributed by atoms with Gasteiger partial charge in [0, 0.05) is 44.7 Å². The highest BCUT2D eigenvalue weighted by molar-refractivity contribution is 7.86. The van der Waals surface area contributed by atoms with Crippen LogP contribution in [0.4, 0.5) is 0 Å². The van der Waals surface area contributed by atoms with Crippen molar-refractivity contribution in [1.82, 2.24) is 23.3 Å². The number of nitrogens with zero attached hydrogens (tertiary/aromatic N) is 5. The average molecular weight is 478 g/mol. The van der Waals surface area contributed by atoms with Crippen LogP contribution in [0.25, 0.3) is 10.8 Å². The predicted octanol–water partition coefficient (Wildman–Crippen LogP) is 1.09. The fraction of sp³-hybridized carbons (Fsp3) is 0.591. The van der Waals surface area contributed by atoms with E-state index in [9.17, 15) is 18.0 Å². The summed E-state index contributed by atoms with van der Waals surface area (Å²) in [7, 11) is -3.64. The van der Waals surface area contributed by atoms with E-state index in [-0.39, 0.29) is 61.6 Å². The number of fused-ring (bicyclic) bond motifs is 1. The predicted molar refractivity (Wildman–Crippen MR) is 124 cm³/mol. The van der Waals surface area contributed by atoms with Crippen LogP contribution in [0.3, 0.4) is 0 Å². The van der Waals surface area contributed by atoms with Crippen LogP contribution in [-0.4, -0.2) is 89.1 Å². The van der Waals surface area contributed by atoms with E-state index < -0.39 is 10.2 Å². The van der Waals surface area contributed by atoms with Gasteiger partial charge in [0.25, 0.3) is 21.7 Å². The van der Waals surface area contributed by atoms with E-state index in [0.717, 1.165) is 0 Å². The van der Waals surface area contributed by atoms with Crippen LogP contribution < -0.4 is 5.56 Å². The Labute approximate surface area is 193 Å². The number of hydrogen-bond donors (Lipinski definition) is 0. The molecule has 2 saturated heterocycles. The molecule has 10 nitrogen and oxygen atoms in total. The molecule has 2 atom stereocenters. The van der Waals surface area contributed by atoms with Crippen LogP contribution in [0.1, 0.15) is 44.2 Å². The molecule has 4 rings (SSSR count). The Morgan fingerprint density at radius 2 is 1.58 bits per heavy atom. The number of rotatable bonds is 4. The van der Waals surface area contributed by atoms with E-state index in [1.807, 2.05) is 27.7 Å². The van der Waals surface area contributed by atoms with Gasteiger partial charge in [-0.1, -0.05) is 18.2 Å². The lowest BCUT2D eigenvalue weighted by atomic mass is 10.1. The van der Waals surface area contributed by atoms with E-state index in [1.165, 1.54) is 13.3 Å². The molecule has 180 valence electrons. The molecular formula is C22H31N5O5S. The van der Waals surface area contributed by atoms with Crippen LogP contribution in [-0.2, 0) is 14.9 Å². The van der Waals surface area contributed by atoms with Gasteiger partial charge < -0.3 is 9.64 Å². The van der Waals surface area contributed by atoms with Gasteiger partial charge in [0.1, 0.15) is 0 Å². The number of carbonyl (C=O) groups excluding carboxylic acids is 1. The Bertz CT molecular complexity index is 1190. The zero-order valence-corrected chi connectivity index (χ0v) is 20.3. The molecule has 0 spiro atoms. The molecule has 2 aliphatic heterocycles. The molecule has 1 aromatic heterocycles. The van der Waals surface area contributed by atoms with Gasteiger partial charge in [0.05, 0.1) is 23.6 Å². The fourth-order valence-electron chi connectivity index (χ4n) is 4.47. The minimum Gasteiger partial charge on any atom is -0.373 e. The van der Waals surface area contributed by atoms with Gasteiger partial charge in [0.2, 0.25) is 0 Å². The van der Waals surface area contributed by atoms with Crippen LogP contribution in [0.5, 0.6) is 0 Å². The van der Waals surface area contributed by atoms with Crippen molar-refractivity contribution in [3.63, 3.8) is 0 Å². The third-order valence-electron chi connectivity index (χ3n) is 6.08. The summed E-state index contributed by atoms with van der Waals surface area (Å²) in [5.74, 6) is -0.300. The minimum absolute atomic E-state index is 0.164. The molecule has 33 heavy (non-hydrogen) atoms. The molecule has 0 N–H and O–H groups in total. The molecular weight excluding hydrogens is 446 g/mol. The SMILES string of the molecule is CC1CN(S(=O)(=O)N2CCN(C(=O)c3nn(C(C)C)c(=O)c4ccccc34)CC2)CC(C)O1. The molecule has 11 heteroatoms. The molecule has 2 aliphatic rings. The van der Waals surface area contributed by atoms with Crippen molar-refractivity contribution in [2.75, 3.05) is 39.3 Å². The average Bonchev–Trinajstić information content (AvgIpc) is 2.78. The zero-order chi connectivity index (χ0) is 23.9. The van der Waals surface area contributed by atoms with E-state index in [2.05, 4.69) is 5.10 Å². The fourth-order valence-corrected chi connectivity index (χ4v) is 6.22. The Hall–Kier alpha value is -2.34. The maximum Gasteiger partial charge on any atom is 0.282 e. The van der Waals surface area contributed by atoms with Crippen molar-refractivity contribution in [2.24, 2.45) is 0 Å². The van der Waals surface area contributed by atoms with Crippen molar-refractivity contribution in [3.05, 3.63) is 40.3 Å². The Balaban J connectivity index is 1.54. The van der Waals surface area contributed by atoms with Crippen LogP contribution in [0.2, 0.25) is 0 Å². The van der Waals surface area contributed by atoms with Crippen molar-refractivity contribution in [3.8, 4) is 0 Å². The minimum atomic E-state index is -3.64. The summed E-state index contributed by atoms with van der Waals surface area (Å²) >= 11 is 0. The summed E-state index contributed by atoms with van der Waals surface area (Å²) in [6.07, 6.45) is -0.329. The summed E-state index contributed by atoms with van der Waals surface area (Å²) in [6.45, 7) is 8.96. The maximum atomic E-state index is 13.4. The highest BCUT2D eigenvalue weighted by atomic mass is 32.2. The normalized spacial score (nSPS) is 23.4. The highest BCUT2D eigenvalue weighted by Crippen LogP contribution is 2.21. The van der Waals surface area contributed by atoms with Gasteiger partial charge in [-0.2, -0.15) is 22.1 Å². The van der Waals surface area contributed by atoms with E-state index in [1.54, 1.807) is 29.2 Å². The number of amides is 1. The molecule has 0 saturated carbocycles. The van der Waals surface area contributed by atoms with Crippen molar-refractivity contribution in [2.45, 2.75) is 45.9 Å². The molecule has 0 bridgehead atoms.